The van der Waals surface area contributed by atoms with E-state index in [1.807, 2.05) is 41.1 Å². The molecule has 136 valence electrons. The number of nitrogens with zero attached hydrogens (tertiary/aromatic N) is 5. The smallest absolute Gasteiger partial charge is 0.334 e. The molecule has 1 aliphatic rings. The molecule has 2 aromatic heterocycles. The third-order valence-electron chi connectivity index (χ3n) is 4.97. The van der Waals surface area contributed by atoms with Crippen molar-refractivity contribution in [2.75, 3.05) is 13.1 Å². The first-order chi connectivity index (χ1) is 12.8. The number of aryl methyl sites for hydroxylation is 1. The minimum Gasteiger partial charge on any atom is -0.334 e. The quantitative estimate of drug-likeness (QED) is 0.760. The van der Waals surface area contributed by atoms with Crippen molar-refractivity contribution in [3.05, 3.63) is 64.9 Å². The van der Waals surface area contributed by atoms with Crippen LogP contribution in [0.1, 0.15) is 37.3 Å². The first-order valence-corrected chi connectivity index (χ1v) is 9.24. The van der Waals surface area contributed by atoms with E-state index in [4.69, 9.17) is 5.10 Å². The van der Waals surface area contributed by atoms with Crippen LogP contribution < -0.4 is 11.0 Å². The summed E-state index contributed by atoms with van der Waals surface area (Å²) in [5.74, 6) is 1.92. The van der Waals surface area contributed by atoms with E-state index in [1.165, 1.54) is 0 Å². The summed E-state index contributed by atoms with van der Waals surface area (Å²) >= 11 is 0. The van der Waals surface area contributed by atoms with Gasteiger partial charge in [-0.1, -0.05) is 18.2 Å². The third kappa shape index (κ3) is 3.10. The van der Waals surface area contributed by atoms with E-state index in [-0.39, 0.29) is 11.6 Å². The Morgan fingerprint density at radius 1 is 1.27 bits per heavy atom. The van der Waals surface area contributed by atoms with E-state index in [0.717, 1.165) is 49.8 Å². The first kappa shape index (κ1) is 16.8. The fourth-order valence-electron chi connectivity index (χ4n) is 3.60. The van der Waals surface area contributed by atoms with E-state index in [9.17, 15) is 4.79 Å². The summed E-state index contributed by atoms with van der Waals surface area (Å²) in [5, 5.41) is 8.16. The number of hydrogen-bond donors (Lipinski definition) is 1. The number of imidazole rings is 1. The summed E-state index contributed by atoms with van der Waals surface area (Å²) in [7, 11) is 0. The van der Waals surface area contributed by atoms with Crippen LogP contribution in [0, 0.1) is 0 Å². The summed E-state index contributed by atoms with van der Waals surface area (Å²) < 4.78 is 5.35. The highest BCUT2D eigenvalue weighted by Gasteiger charge is 2.25. The van der Waals surface area contributed by atoms with Gasteiger partial charge in [-0.05, 0) is 38.4 Å². The molecular formula is C19H24N6O. The van der Waals surface area contributed by atoms with E-state index in [1.54, 1.807) is 15.4 Å². The monoisotopic (exact) mass is 352 g/mol. The largest absolute Gasteiger partial charge is 0.351 e. The topological polar surface area (TPSA) is 69.7 Å². The standard InChI is InChI=1S/C19H24N6O/c1-2-23-12-11-21-17(23)14-24-19(26)25(16-8-4-3-5-9-16)18(22-24)15-7-6-10-20-13-15/h3-5,8-9,11-12,15,20H,2,6-7,10,13-14H2,1H3. The van der Waals surface area contributed by atoms with Crippen LogP contribution in [0.2, 0.25) is 0 Å². The Bertz CT molecular complexity index is 917. The molecule has 26 heavy (non-hydrogen) atoms. The molecule has 0 spiro atoms. The molecule has 1 saturated heterocycles. The zero-order valence-electron chi connectivity index (χ0n) is 15.0. The summed E-state index contributed by atoms with van der Waals surface area (Å²) in [6.07, 6.45) is 5.84. The number of hydrogen-bond acceptors (Lipinski definition) is 4. The maximum absolute atomic E-state index is 13.2. The second-order valence-corrected chi connectivity index (χ2v) is 6.64. The predicted octanol–water partition coefficient (Wildman–Crippen LogP) is 1.77. The van der Waals surface area contributed by atoms with Crippen molar-refractivity contribution < 1.29 is 0 Å². The first-order valence-electron chi connectivity index (χ1n) is 9.24. The van der Waals surface area contributed by atoms with Crippen LogP contribution in [-0.2, 0) is 13.1 Å². The molecule has 7 nitrogen and oxygen atoms in total. The molecule has 1 unspecified atom stereocenters. The van der Waals surface area contributed by atoms with Crippen molar-refractivity contribution >= 4 is 0 Å². The highest BCUT2D eigenvalue weighted by Crippen LogP contribution is 2.23. The molecule has 0 radical (unpaired) electrons. The molecule has 1 atom stereocenters. The predicted molar refractivity (Wildman–Crippen MR) is 99.7 cm³/mol. The number of aromatic nitrogens is 5. The number of benzene rings is 1. The molecule has 7 heteroatoms. The van der Waals surface area contributed by atoms with Gasteiger partial charge in [0.2, 0.25) is 0 Å². The molecule has 4 rings (SSSR count). The lowest BCUT2D eigenvalue weighted by Crippen LogP contribution is -2.31. The molecule has 1 aliphatic heterocycles. The van der Waals surface area contributed by atoms with Crippen molar-refractivity contribution in [3.8, 4) is 5.69 Å². The average molecular weight is 352 g/mol. The Hall–Kier alpha value is -2.67. The van der Waals surface area contributed by atoms with Crippen LogP contribution in [0.4, 0.5) is 0 Å². The third-order valence-corrected chi connectivity index (χ3v) is 4.97. The van der Waals surface area contributed by atoms with Crippen molar-refractivity contribution in [3.63, 3.8) is 0 Å². The molecule has 3 aromatic rings. The lowest BCUT2D eigenvalue weighted by molar-refractivity contribution is 0.439. The van der Waals surface area contributed by atoms with Crippen LogP contribution in [0.15, 0.2) is 47.5 Å². The van der Waals surface area contributed by atoms with Gasteiger partial charge in [0.25, 0.3) is 0 Å². The molecule has 0 bridgehead atoms. The molecule has 3 heterocycles. The second-order valence-electron chi connectivity index (χ2n) is 6.64. The fraction of sp³-hybridized carbons (Fsp3) is 0.421. The van der Waals surface area contributed by atoms with E-state index in [2.05, 4.69) is 17.2 Å². The summed E-state index contributed by atoms with van der Waals surface area (Å²) in [6, 6.07) is 9.77. The highest BCUT2D eigenvalue weighted by atomic mass is 16.2. The van der Waals surface area contributed by atoms with Crippen molar-refractivity contribution in [2.45, 2.75) is 38.8 Å². The number of nitrogens with one attached hydrogen (secondary N) is 1. The van der Waals surface area contributed by atoms with Crippen molar-refractivity contribution in [2.24, 2.45) is 0 Å². The van der Waals surface area contributed by atoms with Gasteiger partial charge in [0.1, 0.15) is 18.2 Å². The zero-order valence-corrected chi connectivity index (χ0v) is 15.0. The van der Waals surface area contributed by atoms with Gasteiger partial charge < -0.3 is 9.88 Å². The number of piperidine rings is 1. The Labute approximate surface area is 152 Å². The molecule has 1 N–H and O–H groups in total. The Kier molecular flexibility index (Phi) is 4.71. The maximum atomic E-state index is 13.2. The van der Waals surface area contributed by atoms with Gasteiger partial charge in [0.15, 0.2) is 0 Å². The van der Waals surface area contributed by atoms with Gasteiger partial charge in [-0.25, -0.2) is 19.0 Å². The lowest BCUT2D eigenvalue weighted by Gasteiger charge is -2.22. The summed E-state index contributed by atoms with van der Waals surface area (Å²) in [4.78, 5) is 17.6. The van der Waals surface area contributed by atoms with Gasteiger partial charge in [-0.2, -0.15) is 5.10 Å². The normalized spacial score (nSPS) is 17.5. The molecule has 0 aliphatic carbocycles. The summed E-state index contributed by atoms with van der Waals surface area (Å²) in [6.45, 7) is 5.15. The van der Waals surface area contributed by atoms with Gasteiger partial charge >= 0.3 is 5.69 Å². The minimum atomic E-state index is -0.109. The molecule has 0 saturated carbocycles. The molecular weight excluding hydrogens is 328 g/mol. The highest BCUT2D eigenvalue weighted by molar-refractivity contribution is 5.33. The van der Waals surface area contributed by atoms with Crippen LogP contribution >= 0.6 is 0 Å². The lowest BCUT2D eigenvalue weighted by atomic mass is 9.99. The Balaban J connectivity index is 1.78. The van der Waals surface area contributed by atoms with Crippen LogP contribution in [0.3, 0.4) is 0 Å². The van der Waals surface area contributed by atoms with Crippen molar-refractivity contribution in [1.82, 2.24) is 29.2 Å². The average Bonchev–Trinajstić information content (AvgIpc) is 3.28. The van der Waals surface area contributed by atoms with E-state index in [0.29, 0.717) is 6.54 Å². The molecule has 0 amide bonds. The van der Waals surface area contributed by atoms with E-state index < -0.39 is 0 Å². The Morgan fingerprint density at radius 3 is 2.85 bits per heavy atom. The molecule has 1 aromatic carbocycles. The van der Waals surface area contributed by atoms with E-state index >= 15 is 0 Å². The maximum Gasteiger partial charge on any atom is 0.351 e. The van der Waals surface area contributed by atoms with Crippen LogP contribution in [-0.4, -0.2) is 37.0 Å². The fourth-order valence-corrected chi connectivity index (χ4v) is 3.60. The number of rotatable bonds is 5. The summed E-state index contributed by atoms with van der Waals surface area (Å²) in [5.41, 5.74) is 0.755. The molecule has 1 fully saturated rings. The van der Waals surface area contributed by atoms with Gasteiger partial charge in [0, 0.05) is 31.4 Å². The van der Waals surface area contributed by atoms with Crippen LogP contribution in [0.25, 0.3) is 5.69 Å². The van der Waals surface area contributed by atoms with Gasteiger partial charge in [-0.3, -0.25) is 0 Å². The van der Waals surface area contributed by atoms with Gasteiger partial charge in [0.05, 0.1) is 5.69 Å². The van der Waals surface area contributed by atoms with Gasteiger partial charge in [-0.15, -0.1) is 0 Å². The SMILES string of the molecule is CCn1ccnc1Cn1nc(C2CCCNC2)n(-c2ccccc2)c1=O. The minimum absolute atomic E-state index is 0.109. The van der Waals surface area contributed by atoms with Crippen molar-refractivity contribution in [1.29, 1.82) is 0 Å². The zero-order chi connectivity index (χ0) is 17.9. The second kappa shape index (κ2) is 7.29. The number of para-hydroxylation sites is 1. The van der Waals surface area contributed by atoms with Crippen LogP contribution in [0.5, 0.6) is 0 Å². The Morgan fingerprint density at radius 2 is 2.12 bits per heavy atom.